The SMILES string of the molecule is C[C@H](CCC[C@](C)(O)c1ccccc1)[C@@H]1CC[C@@H]2[C@H]3CC=C4C[C@@H](O)CC[C@]4(C)[C@H]3CC[C@@]21C. The smallest absolute Gasteiger partial charge is 0.0868 e. The summed E-state index contributed by atoms with van der Waals surface area (Å²) in [5.74, 6) is 4.10. The van der Waals surface area contributed by atoms with Gasteiger partial charge in [0.05, 0.1) is 11.7 Å². The van der Waals surface area contributed by atoms with Crippen molar-refractivity contribution in [1.29, 1.82) is 0 Å². The first-order valence-corrected chi connectivity index (χ1v) is 14.3. The summed E-state index contributed by atoms with van der Waals surface area (Å²) in [5.41, 5.74) is 2.73. The van der Waals surface area contributed by atoms with Crippen molar-refractivity contribution in [2.75, 3.05) is 0 Å². The highest BCUT2D eigenvalue weighted by atomic mass is 16.3. The number of fused-ring (bicyclic) bond motifs is 5. The van der Waals surface area contributed by atoms with Crippen LogP contribution in [0.25, 0.3) is 0 Å². The number of aliphatic hydroxyl groups excluding tert-OH is 1. The summed E-state index contributed by atoms with van der Waals surface area (Å²) >= 11 is 0. The summed E-state index contributed by atoms with van der Waals surface area (Å²) in [6.07, 6.45) is 15.6. The molecule has 3 fully saturated rings. The van der Waals surface area contributed by atoms with Gasteiger partial charge in [0.2, 0.25) is 0 Å². The van der Waals surface area contributed by atoms with Gasteiger partial charge in [0.25, 0.3) is 0 Å². The van der Waals surface area contributed by atoms with E-state index in [2.05, 4.69) is 39.0 Å². The lowest BCUT2D eigenvalue weighted by Crippen LogP contribution is -2.50. The topological polar surface area (TPSA) is 40.5 Å². The molecule has 5 rings (SSSR count). The monoisotopic (exact) mass is 464 g/mol. The minimum Gasteiger partial charge on any atom is -0.393 e. The molecule has 0 heterocycles. The van der Waals surface area contributed by atoms with Crippen LogP contribution in [0.4, 0.5) is 0 Å². The van der Waals surface area contributed by atoms with Gasteiger partial charge in [-0.25, -0.2) is 0 Å². The summed E-state index contributed by atoms with van der Waals surface area (Å²) in [5, 5.41) is 21.3. The number of hydrogen-bond donors (Lipinski definition) is 2. The Hall–Kier alpha value is -1.12. The fourth-order valence-corrected chi connectivity index (χ4v) is 9.53. The lowest BCUT2D eigenvalue weighted by atomic mass is 9.47. The van der Waals surface area contributed by atoms with E-state index in [-0.39, 0.29) is 6.10 Å². The van der Waals surface area contributed by atoms with Gasteiger partial charge >= 0.3 is 0 Å². The molecule has 0 bridgehead atoms. The lowest BCUT2D eigenvalue weighted by Gasteiger charge is -2.58. The van der Waals surface area contributed by atoms with E-state index in [1.165, 1.54) is 44.9 Å². The van der Waals surface area contributed by atoms with Crippen molar-refractivity contribution in [3.8, 4) is 0 Å². The van der Waals surface area contributed by atoms with Crippen LogP contribution in [0.15, 0.2) is 42.0 Å². The van der Waals surface area contributed by atoms with Crippen LogP contribution in [0.2, 0.25) is 0 Å². The van der Waals surface area contributed by atoms with Crippen LogP contribution in [-0.4, -0.2) is 16.3 Å². The fraction of sp³-hybridized carbons (Fsp3) is 0.750. The van der Waals surface area contributed by atoms with Crippen LogP contribution >= 0.6 is 0 Å². The van der Waals surface area contributed by atoms with E-state index in [1.807, 2.05) is 25.1 Å². The molecule has 34 heavy (non-hydrogen) atoms. The Kier molecular flexibility index (Phi) is 6.56. The van der Waals surface area contributed by atoms with Gasteiger partial charge in [-0.15, -0.1) is 0 Å². The van der Waals surface area contributed by atoms with Crippen molar-refractivity contribution in [2.24, 2.45) is 40.4 Å². The third-order valence-corrected chi connectivity index (χ3v) is 11.6. The molecule has 0 spiro atoms. The standard InChI is InChI=1S/C32H48O2/c1-22(9-8-18-32(4,34)23-10-6-5-7-11-23)27-14-15-28-26-13-12-24-21-25(33)16-19-30(24,2)29(26)17-20-31(27,28)3/h5-7,10-12,22,25-29,33-34H,8-9,13-21H2,1-4H3/t22-,25+,26-,27+,28-,29+,30+,31-,32+/m1/s1. The zero-order valence-corrected chi connectivity index (χ0v) is 22.1. The molecule has 1 aromatic carbocycles. The molecule has 188 valence electrons. The number of hydrogen-bond acceptors (Lipinski definition) is 2. The predicted molar refractivity (Wildman–Crippen MR) is 140 cm³/mol. The van der Waals surface area contributed by atoms with E-state index in [1.54, 1.807) is 5.57 Å². The Morgan fingerprint density at radius 3 is 2.56 bits per heavy atom. The highest BCUT2D eigenvalue weighted by Crippen LogP contribution is 2.67. The quantitative estimate of drug-likeness (QED) is 0.425. The minimum atomic E-state index is -0.726. The molecule has 9 atom stereocenters. The molecule has 0 amide bonds. The Bertz CT molecular complexity index is 888. The largest absolute Gasteiger partial charge is 0.393 e. The molecule has 4 aliphatic rings. The van der Waals surface area contributed by atoms with E-state index in [9.17, 15) is 10.2 Å². The van der Waals surface area contributed by atoms with Crippen molar-refractivity contribution in [3.63, 3.8) is 0 Å². The molecule has 2 N–H and O–H groups in total. The van der Waals surface area contributed by atoms with E-state index in [0.717, 1.165) is 60.8 Å². The maximum atomic E-state index is 11.0. The summed E-state index contributed by atoms with van der Waals surface area (Å²) in [6.45, 7) is 9.67. The van der Waals surface area contributed by atoms with E-state index < -0.39 is 5.60 Å². The summed E-state index contributed by atoms with van der Waals surface area (Å²) in [7, 11) is 0. The Morgan fingerprint density at radius 2 is 1.79 bits per heavy atom. The van der Waals surface area contributed by atoms with Crippen molar-refractivity contribution in [3.05, 3.63) is 47.5 Å². The number of allylic oxidation sites excluding steroid dienone is 1. The molecule has 0 aromatic heterocycles. The molecule has 0 radical (unpaired) electrons. The molecule has 2 nitrogen and oxygen atoms in total. The zero-order chi connectivity index (χ0) is 24.1. The van der Waals surface area contributed by atoms with Gasteiger partial charge in [-0.05, 0) is 117 Å². The molecule has 4 aliphatic carbocycles. The van der Waals surface area contributed by atoms with Crippen molar-refractivity contribution in [1.82, 2.24) is 0 Å². The maximum Gasteiger partial charge on any atom is 0.0868 e. The average Bonchev–Trinajstić information content (AvgIpc) is 3.17. The Balaban J connectivity index is 1.24. The van der Waals surface area contributed by atoms with E-state index >= 15 is 0 Å². The minimum absolute atomic E-state index is 0.107. The lowest BCUT2D eigenvalue weighted by molar-refractivity contribution is -0.0576. The number of aliphatic hydroxyl groups is 2. The highest BCUT2D eigenvalue weighted by molar-refractivity contribution is 5.25. The highest BCUT2D eigenvalue weighted by Gasteiger charge is 2.59. The second-order valence-corrected chi connectivity index (χ2v) is 13.4. The van der Waals surface area contributed by atoms with Crippen LogP contribution in [-0.2, 0) is 5.60 Å². The molecular formula is C32H48O2. The summed E-state index contributed by atoms with van der Waals surface area (Å²) in [6, 6.07) is 10.2. The molecule has 1 aromatic rings. The van der Waals surface area contributed by atoms with Gasteiger partial charge in [-0.1, -0.05) is 69.2 Å². The van der Waals surface area contributed by atoms with Gasteiger partial charge in [0.15, 0.2) is 0 Å². The second kappa shape index (κ2) is 9.07. The average molecular weight is 465 g/mol. The molecule has 2 heteroatoms. The molecular weight excluding hydrogens is 416 g/mol. The molecule has 3 saturated carbocycles. The van der Waals surface area contributed by atoms with Crippen molar-refractivity contribution < 1.29 is 10.2 Å². The second-order valence-electron chi connectivity index (χ2n) is 13.4. The van der Waals surface area contributed by atoms with Crippen molar-refractivity contribution >= 4 is 0 Å². The van der Waals surface area contributed by atoms with Gasteiger partial charge in [-0.3, -0.25) is 0 Å². The van der Waals surface area contributed by atoms with Crippen molar-refractivity contribution in [2.45, 2.75) is 110 Å². The van der Waals surface area contributed by atoms with Crippen LogP contribution in [0, 0.1) is 40.4 Å². The van der Waals surface area contributed by atoms with E-state index in [4.69, 9.17) is 0 Å². The third kappa shape index (κ3) is 4.11. The first-order valence-electron chi connectivity index (χ1n) is 14.3. The normalized spacial score (nSPS) is 42.1. The van der Waals surface area contributed by atoms with Gasteiger partial charge in [-0.2, -0.15) is 0 Å². The van der Waals surface area contributed by atoms with Gasteiger partial charge in [0.1, 0.15) is 0 Å². The summed E-state index contributed by atoms with van der Waals surface area (Å²) in [4.78, 5) is 0. The first kappa shape index (κ1) is 24.6. The first-order chi connectivity index (χ1) is 16.1. The van der Waals surface area contributed by atoms with Crippen LogP contribution in [0.1, 0.15) is 104 Å². The zero-order valence-electron chi connectivity index (χ0n) is 22.1. The molecule has 0 unspecified atom stereocenters. The number of benzene rings is 1. The van der Waals surface area contributed by atoms with Gasteiger partial charge in [0, 0.05) is 0 Å². The predicted octanol–water partition coefficient (Wildman–Crippen LogP) is 7.64. The molecule has 0 saturated heterocycles. The Morgan fingerprint density at radius 1 is 1.03 bits per heavy atom. The molecule has 0 aliphatic heterocycles. The van der Waals surface area contributed by atoms with Gasteiger partial charge < -0.3 is 10.2 Å². The third-order valence-electron chi connectivity index (χ3n) is 11.6. The fourth-order valence-electron chi connectivity index (χ4n) is 9.53. The maximum absolute atomic E-state index is 11.0. The van der Waals surface area contributed by atoms with Crippen LogP contribution in [0.3, 0.4) is 0 Å². The number of rotatable bonds is 6. The van der Waals surface area contributed by atoms with Crippen LogP contribution in [0.5, 0.6) is 0 Å². The Labute approximate surface area is 208 Å². The van der Waals surface area contributed by atoms with Crippen LogP contribution < -0.4 is 0 Å². The summed E-state index contributed by atoms with van der Waals surface area (Å²) < 4.78 is 0. The van der Waals surface area contributed by atoms with E-state index in [0.29, 0.717) is 10.8 Å².